The van der Waals surface area contributed by atoms with Gasteiger partial charge in [0.15, 0.2) is 5.78 Å². The van der Waals surface area contributed by atoms with Crippen LogP contribution in [0, 0.1) is 0 Å². The average Bonchev–Trinajstić information content (AvgIpc) is 2.66. The van der Waals surface area contributed by atoms with Crippen molar-refractivity contribution < 1.29 is 9.53 Å². The Labute approximate surface area is 87.6 Å². The highest BCUT2D eigenvalue weighted by Gasteiger charge is 2.22. The van der Waals surface area contributed by atoms with Gasteiger partial charge >= 0.3 is 0 Å². The van der Waals surface area contributed by atoms with Crippen LogP contribution in [0.15, 0.2) is 6.33 Å². The van der Waals surface area contributed by atoms with E-state index in [2.05, 4.69) is 15.4 Å². The van der Waals surface area contributed by atoms with E-state index < -0.39 is 0 Å². The summed E-state index contributed by atoms with van der Waals surface area (Å²) in [5, 5.41) is 7.04. The monoisotopic (exact) mass is 210 g/mol. The number of nitrogens with one attached hydrogen (secondary N) is 1. The van der Waals surface area contributed by atoms with Crippen molar-refractivity contribution in [2.75, 3.05) is 19.8 Å². The molecule has 6 nitrogen and oxygen atoms in total. The van der Waals surface area contributed by atoms with E-state index in [-0.39, 0.29) is 11.8 Å². The van der Waals surface area contributed by atoms with Crippen LogP contribution in [0.25, 0.3) is 0 Å². The van der Waals surface area contributed by atoms with Crippen molar-refractivity contribution >= 4 is 5.78 Å². The number of rotatable bonds is 3. The molecular formula is C9H14N4O2. The highest BCUT2D eigenvalue weighted by Crippen LogP contribution is 2.00. The molecule has 1 atom stereocenters. The average molecular weight is 210 g/mol. The predicted molar refractivity (Wildman–Crippen MR) is 52.3 cm³/mol. The van der Waals surface area contributed by atoms with Gasteiger partial charge in [-0.05, 0) is 0 Å². The number of morpholine rings is 1. The maximum absolute atomic E-state index is 11.8. The van der Waals surface area contributed by atoms with Gasteiger partial charge < -0.3 is 10.1 Å². The van der Waals surface area contributed by atoms with Crippen LogP contribution < -0.4 is 5.32 Å². The number of aromatic nitrogens is 3. The molecule has 1 N–H and O–H groups in total. The van der Waals surface area contributed by atoms with Gasteiger partial charge in [0.2, 0.25) is 0 Å². The van der Waals surface area contributed by atoms with Crippen LogP contribution in [0.2, 0.25) is 0 Å². The minimum Gasteiger partial charge on any atom is -0.378 e. The number of hydrogen-bond donors (Lipinski definition) is 1. The Morgan fingerprint density at radius 2 is 2.67 bits per heavy atom. The predicted octanol–water partition coefficient (Wildman–Crippen LogP) is -1.08. The standard InChI is InChI=1S/C9H14N4O2/c1-13-9(11-6-12-13)4-8(14)7-5-15-3-2-10-7/h6-7,10H,2-5H2,1H3. The summed E-state index contributed by atoms with van der Waals surface area (Å²) >= 11 is 0. The lowest BCUT2D eigenvalue weighted by Crippen LogP contribution is -2.47. The van der Waals surface area contributed by atoms with Crippen LogP contribution in [0.1, 0.15) is 5.82 Å². The first-order chi connectivity index (χ1) is 7.27. The number of ether oxygens (including phenoxy) is 1. The van der Waals surface area contributed by atoms with E-state index in [1.54, 1.807) is 11.7 Å². The third-order valence-electron chi connectivity index (χ3n) is 2.45. The Kier molecular flexibility index (Phi) is 3.08. The van der Waals surface area contributed by atoms with Gasteiger partial charge in [-0.3, -0.25) is 9.48 Å². The van der Waals surface area contributed by atoms with Gasteiger partial charge in [0.05, 0.1) is 25.7 Å². The number of carbonyl (C=O) groups excluding carboxylic acids is 1. The van der Waals surface area contributed by atoms with E-state index in [9.17, 15) is 4.79 Å². The number of hydrogen-bond acceptors (Lipinski definition) is 5. The van der Waals surface area contributed by atoms with Crippen LogP contribution in [0.5, 0.6) is 0 Å². The second-order valence-corrected chi connectivity index (χ2v) is 3.52. The molecule has 1 fully saturated rings. The van der Waals surface area contributed by atoms with Gasteiger partial charge in [-0.25, -0.2) is 4.98 Å². The Morgan fingerprint density at radius 3 is 3.27 bits per heavy atom. The summed E-state index contributed by atoms with van der Waals surface area (Å²) in [4.78, 5) is 15.8. The Hall–Kier alpha value is -1.27. The van der Waals surface area contributed by atoms with Crippen molar-refractivity contribution in [3.05, 3.63) is 12.2 Å². The van der Waals surface area contributed by atoms with Crippen molar-refractivity contribution in [1.82, 2.24) is 20.1 Å². The zero-order valence-corrected chi connectivity index (χ0v) is 8.64. The number of aryl methyl sites for hydroxylation is 1. The molecule has 2 heterocycles. The lowest BCUT2D eigenvalue weighted by molar-refractivity contribution is -0.123. The third-order valence-corrected chi connectivity index (χ3v) is 2.45. The number of Topliss-reactive ketones (excluding diaryl/α,β-unsaturated/α-hetero) is 1. The highest BCUT2D eigenvalue weighted by molar-refractivity contribution is 5.85. The van der Waals surface area contributed by atoms with E-state index in [4.69, 9.17) is 4.74 Å². The van der Waals surface area contributed by atoms with Crippen molar-refractivity contribution in [2.45, 2.75) is 12.5 Å². The summed E-state index contributed by atoms with van der Waals surface area (Å²) in [6.07, 6.45) is 1.75. The zero-order chi connectivity index (χ0) is 10.7. The zero-order valence-electron chi connectivity index (χ0n) is 8.64. The fraction of sp³-hybridized carbons (Fsp3) is 0.667. The van der Waals surface area contributed by atoms with E-state index in [1.807, 2.05) is 0 Å². The summed E-state index contributed by atoms with van der Waals surface area (Å²) in [6.45, 7) is 1.86. The lowest BCUT2D eigenvalue weighted by Gasteiger charge is -2.22. The molecule has 0 saturated carbocycles. The largest absolute Gasteiger partial charge is 0.378 e. The molecule has 15 heavy (non-hydrogen) atoms. The second kappa shape index (κ2) is 4.50. The SMILES string of the molecule is Cn1ncnc1CC(=O)C1COCCN1. The molecule has 0 aliphatic carbocycles. The molecule has 2 rings (SSSR count). The summed E-state index contributed by atoms with van der Waals surface area (Å²) in [5.74, 6) is 0.790. The molecule has 0 aromatic carbocycles. The Bertz CT molecular complexity index is 344. The molecule has 1 aromatic rings. The molecular weight excluding hydrogens is 196 g/mol. The molecule has 0 amide bonds. The lowest BCUT2D eigenvalue weighted by atomic mass is 10.1. The third kappa shape index (κ3) is 2.40. The molecule has 1 saturated heterocycles. The molecule has 0 radical (unpaired) electrons. The summed E-state index contributed by atoms with van der Waals surface area (Å²) in [7, 11) is 1.78. The minimum absolute atomic E-state index is 0.103. The molecule has 1 aliphatic rings. The van der Waals surface area contributed by atoms with E-state index in [0.717, 1.165) is 6.54 Å². The van der Waals surface area contributed by atoms with Gasteiger partial charge in [0.1, 0.15) is 12.2 Å². The van der Waals surface area contributed by atoms with E-state index in [1.165, 1.54) is 6.33 Å². The van der Waals surface area contributed by atoms with Crippen LogP contribution in [0.3, 0.4) is 0 Å². The Balaban J connectivity index is 1.94. The first kappa shape index (κ1) is 10.3. The smallest absolute Gasteiger partial charge is 0.159 e. The number of ketones is 1. The maximum Gasteiger partial charge on any atom is 0.159 e. The van der Waals surface area contributed by atoms with Crippen molar-refractivity contribution in [2.24, 2.45) is 7.05 Å². The van der Waals surface area contributed by atoms with Crippen LogP contribution >= 0.6 is 0 Å². The molecule has 0 bridgehead atoms. The number of carbonyl (C=O) groups is 1. The quantitative estimate of drug-likeness (QED) is 0.687. The van der Waals surface area contributed by atoms with Crippen LogP contribution in [-0.2, 0) is 23.0 Å². The summed E-state index contributed by atoms with van der Waals surface area (Å²) < 4.78 is 6.84. The minimum atomic E-state index is -0.199. The van der Waals surface area contributed by atoms with E-state index in [0.29, 0.717) is 25.5 Å². The molecule has 82 valence electrons. The van der Waals surface area contributed by atoms with Crippen molar-refractivity contribution in [1.29, 1.82) is 0 Å². The fourth-order valence-corrected chi connectivity index (χ4v) is 1.53. The van der Waals surface area contributed by atoms with Gasteiger partial charge in [-0.15, -0.1) is 0 Å². The topological polar surface area (TPSA) is 69.0 Å². The Morgan fingerprint density at radius 1 is 1.80 bits per heavy atom. The van der Waals surface area contributed by atoms with Crippen LogP contribution in [0.4, 0.5) is 0 Å². The maximum atomic E-state index is 11.8. The van der Waals surface area contributed by atoms with Crippen LogP contribution in [-0.4, -0.2) is 46.3 Å². The van der Waals surface area contributed by atoms with Gasteiger partial charge in [0.25, 0.3) is 0 Å². The van der Waals surface area contributed by atoms with Crippen molar-refractivity contribution in [3.8, 4) is 0 Å². The van der Waals surface area contributed by atoms with E-state index >= 15 is 0 Å². The van der Waals surface area contributed by atoms with Gasteiger partial charge in [-0.2, -0.15) is 5.10 Å². The molecule has 1 aromatic heterocycles. The molecule has 6 heteroatoms. The normalized spacial score (nSPS) is 21.5. The highest BCUT2D eigenvalue weighted by atomic mass is 16.5. The molecule has 1 aliphatic heterocycles. The van der Waals surface area contributed by atoms with Gasteiger partial charge in [0, 0.05) is 13.6 Å². The fourth-order valence-electron chi connectivity index (χ4n) is 1.53. The second-order valence-electron chi connectivity index (χ2n) is 3.52. The summed E-state index contributed by atoms with van der Waals surface area (Å²) in [5.41, 5.74) is 0. The first-order valence-corrected chi connectivity index (χ1v) is 4.94. The first-order valence-electron chi connectivity index (χ1n) is 4.94. The summed E-state index contributed by atoms with van der Waals surface area (Å²) in [6, 6.07) is -0.199. The molecule has 1 unspecified atom stereocenters. The number of nitrogens with zero attached hydrogens (tertiary/aromatic N) is 3. The van der Waals surface area contributed by atoms with Gasteiger partial charge in [-0.1, -0.05) is 0 Å². The molecule has 0 spiro atoms. The van der Waals surface area contributed by atoms with Crippen molar-refractivity contribution in [3.63, 3.8) is 0 Å².